The fourth-order valence-electron chi connectivity index (χ4n) is 3.54. The van der Waals surface area contributed by atoms with Crippen LogP contribution in [0.3, 0.4) is 0 Å². The summed E-state index contributed by atoms with van der Waals surface area (Å²) in [4.78, 5) is 30.0. The van der Waals surface area contributed by atoms with Gasteiger partial charge in [-0.05, 0) is 77.7 Å². The smallest absolute Gasteiger partial charge is 0.255 e. The molecule has 4 rings (SSSR count). The van der Waals surface area contributed by atoms with Crippen molar-refractivity contribution in [2.45, 2.75) is 19.9 Å². The van der Waals surface area contributed by atoms with Crippen molar-refractivity contribution >= 4 is 46.1 Å². The van der Waals surface area contributed by atoms with Crippen LogP contribution in [0.4, 0.5) is 11.4 Å². The summed E-state index contributed by atoms with van der Waals surface area (Å²) in [5, 5.41) is 4.43. The Morgan fingerprint density at radius 1 is 1.04 bits per heavy atom. The summed E-state index contributed by atoms with van der Waals surface area (Å²) >= 11 is 7.52. The van der Waals surface area contributed by atoms with Crippen LogP contribution in [0.2, 0.25) is 5.02 Å². The third-order valence-corrected chi connectivity index (χ3v) is 6.10. The number of aryl methyl sites for hydroxylation is 1. The lowest BCUT2D eigenvalue weighted by Crippen LogP contribution is -2.56. The molecule has 0 spiro atoms. The fraction of sp³-hybridized carbons (Fsp3) is 0.182. The molecule has 0 radical (unpaired) electrons. The summed E-state index contributed by atoms with van der Waals surface area (Å²) in [6.45, 7) is 3.99. The molecule has 3 aromatic rings. The Balaban J connectivity index is 1.81. The van der Waals surface area contributed by atoms with Gasteiger partial charge in [-0.1, -0.05) is 23.7 Å². The van der Waals surface area contributed by atoms with Gasteiger partial charge < -0.3 is 4.90 Å². The van der Waals surface area contributed by atoms with E-state index in [0.717, 1.165) is 22.4 Å². The number of amides is 2. The number of carbonyl (C=O) groups is 2. The molecule has 142 valence electrons. The second kappa shape index (κ2) is 7.41. The van der Waals surface area contributed by atoms with Crippen molar-refractivity contribution < 1.29 is 9.59 Å². The first kappa shape index (κ1) is 18.7. The highest BCUT2D eigenvalue weighted by Gasteiger charge is 2.42. The van der Waals surface area contributed by atoms with Gasteiger partial charge in [0.05, 0.1) is 0 Å². The van der Waals surface area contributed by atoms with E-state index in [1.807, 2.05) is 48.9 Å². The third kappa shape index (κ3) is 3.21. The van der Waals surface area contributed by atoms with Gasteiger partial charge >= 0.3 is 0 Å². The van der Waals surface area contributed by atoms with Crippen LogP contribution in [0, 0.1) is 13.8 Å². The molecule has 0 unspecified atom stereocenters. The normalized spacial score (nSPS) is 17.3. The SMILES string of the molecule is Cc1cccc(N2CC(=O)N(c3ccc(Cl)cc3)[C@@H](c3ccsc3)C2=O)c1C. The molecule has 28 heavy (non-hydrogen) atoms. The highest BCUT2D eigenvalue weighted by Crippen LogP contribution is 2.36. The molecule has 0 bridgehead atoms. The van der Waals surface area contributed by atoms with E-state index < -0.39 is 6.04 Å². The van der Waals surface area contributed by atoms with Crippen LogP contribution in [0.15, 0.2) is 59.3 Å². The van der Waals surface area contributed by atoms with Crippen molar-refractivity contribution in [1.29, 1.82) is 0 Å². The molecule has 2 amide bonds. The van der Waals surface area contributed by atoms with Crippen LogP contribution in [0.5, 0.6) is 0 Å². The molecular formula is C22H19ClN2O2S. The van der Waals surface area contributed by atoms with Crippen molar-refractivity contribution in [3.8, 4) is 0 Å². The molecular weight excluding hydrogens is 392 g/mol. The first-order valence-electron chi connectivity index (χ1n) is 8.94. The summed E-state index contributed by atoms with van der Waals surface area (Å²) < 4.78 is 0. The van der Waals surface area contributed by atoms with Gasteiger partial charge in [-0.15, -0.1) is 0 Å². The number of benzene rings is 2. The van der Waals surface area contributed by atoms with Gasteiger partial charge in [0.2, 0.25) is 5.91 Å². The summed E-state index contributed by atoms with van der Waals surface area (Å²) in [6, 6.07) is 14.0. The summed E-state index contributed by atoms with van der Waals surface area (Å²) in [6.07, 6.45) is 0. The van der Waals surface area contributed by atoms with Crippen LogP contribution < -0.4 is 9.80 Å². The Labute approximate surface area is 173 Å². The molecule has 2 heterocycles. The topological polar surface area (TPSA) is 40.6 Å². The van der Waals surface area contributed by atoms with Gasteiger partial charge in [0, 0.05) is 16.4 Å². The maximum atomic E-state index is 13.6. The Morgan fingerprint density at radius 2 is 1.79 bits per heavy atom. The molecule has 1 atom stereocenters. The van der Waals surface area contributed by atoms with E-state index in [1.54, 1.807) is 34.1 Å². The molecule has 1 fully saturated rings. The van der Waals surface area contributed by atoms with E-state index in [2.05, 4.69) is 0 Å². The lowest BCUT2D eigenvalue weighted by molar-refractivity contribution is -0.128. The van der Waals surface area contributed by atoms with Gasteiger partial charge in [0.1, 0.15) is 12.6 Å². The van der Waals surface area contributed by atoms with Crippen molar-refractivity contribution in [3.05, 3.63) is 81.0 Å². The van der Waals surface area contributed by atoms with Crippen LogP contribution in [-0.4, -0.2) is 18.4 Å². The summed E-state index contributed by atoms with van der Waals surface area (Å²) in [5.74, 6) is -0.235. The summed E-state index contributed by atoms with van der Waals surface area (Å²) in [5.41, 5.74) is 4.36. The van der Waals surface area contributed by atoms with Crippen molar-refractivity contribution in [3.63, 3.8) is 0 Å². The first-order chi connectivity index (χ1) is 13.5. The molecule has 0 aliphatic carbocycles. The minimum Gasteiger partial charge on any atom is -0.301 e. The van der Waals surface area contributed by atoms with E-state index in [-0.39, 0.29) is 18.4 Å². The maximum absolute atomic E-state index is 13.6. The average Bonchev–Trinajstić information content (AvgIpc) is 3.21. The van der Waals surface area contributed by atoms with Crippen LogP contribution in [-0.2, 0) is 9.59 Å². The minimum absolute atomic E-state index is 0.00634. The lowest BCUT2D eigenvalue weighted by atomic mass is 10.00. The third-order valence-electron chi connectivity index (χ3n) is 5.15. The number of anilines is 2. The predicted molar refractivity (Wildman–Crippen MR) is 114 cm³/mol. The second-order valence-electron chi connectivity index (χ2n) is 6.84. The number of piperazine rings is 1. The monoisotopic (exact) mass is 410 g/mol. The fourth-order valence-corrected chi connectivity index (χ4v) is 4.35. The Bertz CT molecular complexity index is 1030. The lowest BCUT2D eigenvalue weighted by Gasteiger charge is -2.40. The van der Waals surface area contributed by atoms with E-state index in [9.17, 15) is 9.59 Å². The van der Waals surface area contributed by atoms with Gasteiger partial charge in [-0.2, -0.15) is 11.3 Å². The van der Waals surface area contributed by atoms with Crippen LogP contribution in [0.1, 0.15) is 22.7 Å². The highest BCUT2D eigenvalue weighted by atomic mass is 35.5. The van der Waals surface area contributed by atoms with E-state index in [0.29, 0.717) is 10.7 Å². The second-order valence-corrected chi connectivity index (χ2v) is 8.06. The maximum Gasteiger partial charge on any atom is 0.255 e. The first-order valence-corrected chi connectivity index (χ1v) is 10.3. The average molecular weight is 411 g/mol. The standard InChI is InChI=1S/C22H19ClN2O2S/c1-14-4-3-5-19(15(14)2)24-12-20(26)25(18-8-6-17(23)7-9-18)21(22(24)27)16-10-11-28-13-16/h3-11,13,21H,12H2,1-2H3/t21-/m0/s1. The number of nitrogens with zero attached hydrogens (tertiary/aromatic N) is 2. The van der Waals surface area contributed by atoms with Crippen LogP contribution in [0.25, 0.3) is 0 Å². The summed E-state index contributed by atoms with van der Waals surface area (Å²) in [7, 11) is 0. The molecule has 1 aromatic heterocycles. The Kier molecular flexibility index (Phi) is 4.96. The van der Waals surface area contributed by atoms with E-state index in [1.165, 1.54) is 11.3 Å². The van der Waals surface area contributed by atoms with Gasteiger partial charge in [0.15, 0.2) is 0 Å². The zero-order chi connectivity index (χ0) is 19.8. The number of hydrogen-bond acceptors (Lipinski definition) is 3. The Morgan fingerprint density at radius 3 is 2.46 bits per heavy atom. The molecule has 1 saturated heterocycles. The molecule has 0 N–H and O–H groups in total. The molecule has 0 saturated carbocycles. The number of rotatable bonds is 3. The minimum atomic E-state index is -0.700. The zero-order valence-corrected chi connectivity index (χ0v) is 17.1. The number of thiophene rings is 1. The highest BCUT2D eigenvalue weighted by molar-refractivity contribution is 7.08. The number of carbonyl (C=O) groups excluding carboxylic acids is 2. The van der Waals surface area contributed by atoms with E-state index >= 15 is 0 Å². The van der Waals surface area contributed by atoms with Gasteiger partial charge in [-0.3, -0.25) is 14.5 Å². The van der Waals surface area contributed by atoms with Crippen molar-refractivity contribution in [2.75, 3.05) is 16.3 Å². The quantitative estimate of drug-likeness (QED) is 0.599. The van der Waals surface area contributed by atoms with Crippen LogP contribution >= 0.6 is 22.9 Å². The van der Waals surface area contributed by atoms with Gasteiger partial charge in [-0.25, -0.2) is 0 Å². The van der Waals surface area contributed by atoms with E-state index in [4.69, 9.17) is 11.6 Å². The predicted octanol–water partition coefficient (Wildman–Crippen LogP) is 5.14. The molecule has 2 aromatic carbocycles. The number of halogens is 1. The largest absolute Gasteiger partial charge is 0.301 e. The van der Waals surface area contributed by atoms with Gasteiger partial charge in [0.25, 0.3) is 5.91 Å². The van der Waals surface area contributed by atoms with Crippen molar-refractivity contribution in [2.24, 2.45) is 0 Å². The molecule has 1 aliphatic heterocycles. The number of hydrogen-bond donors (Lipinski definition) is 0. The molecule has 6 heteroatoms. The Hall–Kier alpha value is -2.63. The zero-order valence-electron chi connectivity index (χ0n) is 15.6. The van der Waals surface area contributed by atoms with Crippen molar-refractivity contribution in [1.82, 2.24) is 0 Å². The molecule has 4 nitrogen and oxygen atoms in total. The molecule has 1 aliphatic rings.